The summed E-state index contributed by atoms with van der Waals surface area (Å²) in [5.41, 5.74) is 0.917. The number of aromatic nitrogens is 2. The first-order chi connectivity index (χ1) is 7.88. The third-order valence-corrected chi connectivity index (χ3v) is 2.35. The Hall–Kier alpha value is -1.04. The van der Waals surface area contributed by atoms with Crippen LogP contribution in [-0.2, 0) is 13.1 Å². The average Bonchev–Trinajstić information content (AvgIpc) is 2.60. The normalized spacial score (nSPS) is 12.4. The van der Waals surface area contributed by atoms with Crippen molar-refractivity contribution in [3.8, 4) is 0 Å². The number of imidazole rings is 1. The van der Waals surface area contributed by atoms with Crippen LogP contribution in [0.5, 0.6) is 0 Å². The van der Waals surface area contributed by atoms with E-state index < -0.39 is 12.6 Å². The largest absolute Gasteiger partial charge is 0.389 e. The Kier molecular flexibility index (Phi) is 4.99. The van der Waals surface area contributed by atoms with E-state index >= 15 is 0 Å². The summed E-state index contributed by atoms with van der Waals surface area (Å²) in [6, 6.07) is 0.341. The Morgan fingerprint density at radius 1 is 1.41 bits per heavy atom. The van der Waals surface area contributed by atoms with Gasteiger partial charge in [0.2, 0.25) is 0 Å². The number of hydrogen-bond acceptors (Lipinski definition) is 2. The van der Waals surface area contributed by atoms with Gasteiger partial charge in [-0.2, -0.15) is 13.2 Å². The predicted molar refractivity (Wildman–Crippen MR) is 59.5 cm³/mol. The summed E-state index contributed by atoms with van der Waals surface area (Å²) >= 11 is 0. The quantitative estimate of drug-likeness (QED) is 0.840. The highest BCUT2D eigenvalue weighted by molar-refractivity contribution is 4.98. The van der Waals surface area contributed by atoms with E-state index in [4.69, 9.17) is 0 Å². The van der Waals surface area contributed by atoms with Gasteiger partial charge in [0.25, 0.3) is 0 Å². The molecule has 0 amide bonds. The fourth-order valence-corrected chi connectivity index (χ4v) is 1.46. The third kappa shape index (κ3) is 5.72. The maximum absolute atomic E-state index is 12.0. The van der Waals surface area contributed by atoms with Crippen molar-refractivity contribution in [3.05, 3.63) is 18.2 Å². The highest BCUT2D eigenvalue weighted by atomic mass is 19.4. The van der Waals surface area contributed by atoms with Gasteiger partial charge in [0.05, 0.1) is 12.0 Å². The number of halogens is 3. The molecule has 0 aliphatic rings. The topological polar surface area (TPSA) is 29.9 Å². The lowest BCUT2D eigenvalue weighted by molar-refractivity contribution is -0.135. The van der Waals surface area contributed by atoms with E-state index in [0.29, 0.717) is 19.1 Å². The summed E-state index contributed by atoms with van der Waals surface area (Å²) < 4.78 is 37.8. The number of nitrogens with zero attached hydrogens (tertiary/aromatic N) is 2. The first-order valence-electron chi connectivity index (χ1n) is 5.67. The van der Waals surface area contributed by atoms with Crippen molar-refractivity contribution >= 4 is 0 Å². The van der Waals surface area contributed by atoms with Gasteiger partial charge in [-0.3, -0.25) is 0 Å². The Bertz CT molecular complexity index is 331. The second-order valence-electron chi connectivity index (χ2n) is 4.33. The summed E-state index contributed by atoms with van der Waals surface area (Å²) in [4.78, 5) is 3.96. The molecule has 17 heavy (non-hydrogen) atoms. The minimum atomic E-state index is -4.07. The Balaban J connectivity index is 2.40. The molecule has 6 heteroatoms. The highest BCUT2D eigenvalue weighted by Gasteiger charge is 2.26. The lowest BCUT2D eigenvalue weighted by Crippen LogP contribution is -2.23. The Labute approximate surface area is 99.0 Å². The molecular formula is C11H18F3N3. The highest BCUT2D eigenvalue weighted by Crippen LogP contribution is 2.21. The number of rotatable bonds is 6. The first kappa shape index (κ1) is 14.0. The minimum Gasteiger partial charge on any atom is -0.333 e. The molecule has 0 aliphatic heterocycles. The molecule has 1 rings (SSSR count). The molecule has 0 fully saturated rings. The van der Waals surface area contributed by atoms with Gasteiger partial charge in [0.1, 0.15) is 0 Å². The van der Waals surface area contributed by atoms with E-state index in [1.165, 1.54) is 0 Å². The molecule has 0 unspecified atom stereocenters. The molecule has 0 saturated carbocycles. The van der Waals surface area contributed by atoms with Crippen molar-refractivity contribution < 1.29 is 13.2 Å². The van der Waals surface area contributed by atoms with Crippen LogP contribution < -0.4 is 5.32 Å². The summed E-state index contributed by atoms with van der Waals surface area (Å²) in [7, 11) is 0. The SMILES string of the molecule is CC(C)NCc1cncn1CCCC(F)(F)F. The zero-order valence-corrected chi connectivity index (χ0v) is 10.1. The summed E-state index contributed by atoms with van der Waals surface area (Å²) in [5.74, 6) is 0. The van der Waals surface area contributed by atoms with Gasteiger partial charge < -0.3 is 9.88 Å². The van der Waals surface area contributed by atoms with Crippen molar-refractivity contribution in [2.75, 3.05) is 0 Å². The molecule has 0 aliphatic carbocycles. The van der Waals surface area contributed by atoms with Crippen molar-refractivity contribution in [2.24, 2.45) is 0 Å². The van der Waals surface area contributed by atoms with Gasteiger partial charge >= 0.3 is 6.18 Å². The van der Waals surface area contributed by atoms with E-state index in [2.05, 4.69) is 10.3 Å². The fourth-order valence-electron chi connectivity index (χ4n) is 1.46. The molecule has 0 radical (unpaired) electrons. The number of nitrogens with one attached hydrogen (secondary N) is 1. The van der Waals surface area contributed by atoms with Gasteiger partial charge in [0.15, 0.2) is 0 Å². The maximum Gasteiger partial charge on any atom is 0.389 e. The van der Waals surface area contributed by atoms with Crippen LogP contribution in [-0.4, -0.2) is 21.8 Å². The number of aryl methyl sites for hydroxylation is 1. The Morgan fingerprint density at radius 2 is 2.12 bits per heavy atom. The standard InChI is InChI=1S/C11H18F3N3/c1-9(2)16-7-10-6-15-8-17(10)5-3-4-11(12,13)14/h6,8-9,16H,3-5,7H2,1-2H3. The zero-order valence-electron chi connectivity index (χ0n) is 10.1. The smallest absolute Gasteiger partial charge is 0.333 e. The van der Waals surface area contributed by atoms with Crippen LogP contribution in [0.2, 0.25) is 0 Å². The lowest BCUT2D eigenvalue weighted by atomic mass is 10.3. The van der Waals surface area contributed by atoms with Crippen LogP contribution in [0.4, 0.5) is 13.2 Å². The molecule has 1 aromatic heterocycles. The van der Waals surface area contributed by atoms with Gasteiger partial charge in [-0.1, -0.05) is 13.8 Å². The van der Waals surface area contributed by atoms with Crippen molar-refractivity contribution in [1.82, 2.24) is 14.9 Å². The maximum atomic E-state index is 12.0. The fraction of sp³-hybridized carbons (Fsp3) is 0.727. The van der Waals surface area contributed by atoms with Crippen LogP contribution in [0.1, 0.15) is 32.4 Å². The molecule has 0 aromatic carbocycles. The van der Waals surface area contributed by atoms with Crippen LogP contribution in [0.15, 0.2) is 12.5 Å². The monoisotopic (exact) mass is 249 g/mol. The molecule has 0 spiro atoms. The predicted octanol–water partition coefficient (Wildman–Crippen LogP) is 2.72. The van der Waals surface area contributed by atoms with E-state index in [9.17, 15) is 13.2 Å². The lowest BCUT2D eigenvalue weighted by Gasteiger charge is -2.11. The van der Waals surface area contributed by atoms with Crippen molar-refractivity contribution in [2.45, 2.75) is 52.0 Å². The van der Waals surface area contributed by atoms with Crippen LogP contribution in [0.3, 0.4) is 0 Å². The second kappa shape index (κ2) is 6.05. The molecular weight excluding hydrogens is 231 g/mol. The van der Waals surface area contributed by atoms with Gasteiger partial charge in [0, 0.05) is 31.7 Å². The summed E-state index contributed by atoms with van der Waals surface area (Å²) in [6.07, 6.45) is -1.47. The molecule has 98 valence electrons. The van der Waals surface area contributed by atoms with Crippen molar-refractivity contribution in [3.63, 3.8) is 0 Å². The number of alkyl halides is 3. The van der Waals surface area contributed by atoms with Gasteiger partial charge in [-0.25, -0.2) is 4.98 Å². The van der Waals surface area contributed by atoms with Crippen molar-refractivity contribution in [1.29, 1.82) is 0 Å². The van der Waals surface area contributed by atoms with Gasteiger partial charge in [-0.05, 0) is 6.42 Å². The minimum absolute atomic E-state index is 0.0918. The zero-order chi connectivity index (χ0) is 12.9. The van der Waals surface area contributed by atoms with E-state index in [1.54, 1.807) is 17.1 Å². The van der Waals surface area contributed by atoms with Crippen LogP contribution in [0.25, 0.3) is 0 Å². The molecule has 1 aromatic rings. The molecule has 0 saturated heterocycles. The van der Waals surface area contributed by atoms with E-state index in [1.807, 2.05) is 13.8 Å². The first-order valence-corrected chi connectivity index (χ1v) is 5.67. The van der Waals surface area contributed by atoms with Crippen LogP contribution >= 0.6 is 0 Å². The second-order valence-corrected chi connectivity index (χ2v) is 4.33. The molecule has 1 heterocycles. The number of hydrogen-bond donors (Lipinski definition) is 1. The molecule has 0 atom stereocenters. The van der Waals surface area contributed by atoms with Crippen LogP contribution in [0, 0.1) is 0 Å². The molecule has 1 N–H and O–H groups in total. The van der Waals surface area contributed by atoms with E-state index in [-0.39, 0.29) is 6.42 Å². The summed E-state index contributed by atoms with van der Waals surface area (Å²) in [5, 5.41) is 3.21. The third-order valence-electron chi connectivity index (χ3n) is 2.35. The summed E-state index contributed by atoms with van der Waals surface area (Å²) in [6.45, 7) is 5.02. The molecule has 3 nitrogen and oxygen atoms in total. The average molecular weight is 249 g/mol. The van der Waals surface area contributed by atoms with Gasteiger partial charge in [-0.15, -0.1) is 0 Å². The molecule has 0 bridgehead atoms. The van der Waals surface area contributed by atoms with E-state index in [0.717, 1.165) is 5.69 Å². The Morgan fingerprint density at radius 3 is 2.71 bits per heavy atom.